The van der Waals surface area contributed by atoms with Crippen LogP contribution in [0.1, 0.15) is 0 Å². The summed E-state index contributed by atoms with van der Waals surface area (Å²) in [4.78, 5) is 2.61. The van der Waals surface area contributed by atoms with Crippen LogP contribution in [0.2, 0.25) is 0 Å². The van der Waals surface area contributed by atoms with E-state index in [2.05, 4.69) is 182 Å². The number of hydrogen-bond acceptors (Lipinski definition) is 1. The summed E-state index contributed by atoms with van der Waals surface area (Å²) in [6, 6.07) is 67.5. The predicted molar refractivity (Wildman–Crippen MR) is 220 cm³/mol. The maximum absolute atomic E-state index is 2.45. The molecular weight excluding hydrogens is 633 g/mol. The van der Waals surface area contributed by atoms with Crippen molar-refractivity contribution in [2.75, 3.05) is 0 Å². The van der Waals surface area contributed by atoms with E-state index >= 15 is 0 Å². The van der Waals surface area contributed by atoms with Crippen molar-refractivity contribution in [3.05, 3.63) is 182 Å². The molecule has 1 heteroatoms. The zero-order valence-electron chi connectivity index (χ0n) is 27.7. The zero-order chi connectivity index (χ0) is 33.5. The third-order valence-electron chi connectivity index (χ3n) is 10.8. The molecule has 0 unspecified atom stereocenters. The van der Waals surface area contributed by atoms with Crippen molar-refractivity contribution in [1.29, 1.82) is 0 Å². The van der Waals surface area contributed by atoms with Crippen molar-refractivity contribution < 1.29 is 0 Å². The Bertz CT molecular complexity index is 2980. The topological polar surface area (TPSA) is 0 Å². The molecule has 1 heterocycles. The molecule has 10 aromatic rings. The largest absolute Gasteiger partial charge is 0.0887 e. The third kappa shape index (κ3) is 4.35. The van der Waals surface area contributed by atoms with Crippen molar-refractivity contribution in [3.63, 3.8) is 0 Å². The van der Waals surface area contributed by atoms with Gasteiger partial charge in [0.25, 0.3) is 0 Å². The highest BCUT2D eigenvalue weighted by molar-refractivity contribution is 7.99. The number of rotatable bonds is 3. The lowest BCUT2D eigenvalue weighted by Gasteiger charge is -2.27. The van der Waals surface area contributed by atoms with Gasteiger partial charge in [-0.1, -0.05) is 169 Å². The first kappa shape index (κ1) is 28.7. The van der Waals surface area contributed by atoms with Gasteiger partial charge < -0.3 is 0 Å². The molecular formula is C50H30S. The average molecular weight is 663 g/mol. The standard InChI is InChI=1S/C50H30S/c1-2-12-31(13-3-1)33-24-26-42-44(29-33)41-22-11-23-45-49(41)50(48(42)40-21-10-17-32-14-4-7-18-37(32)40)43-27-25-36(30-46(43)51-45)47-38-19-8-5-15-34(38)28-35-16-6-9-20-39(35)47/h1-30H. The molecule has 1 aliphatic rings. The summed E-state index contributed by atoms with van der Waals surface area (Å²) in [6.07, 6.45) is 0. The molecule has 0 radical (unpaired) electrons. The van der Waals surface area contributed by atoms with Crippen LogP contribution in [0, 0.1) is 0 Å². The van der Waals surface area contributed by atoms with Gasteiger partial charge in [0.1, 0.15) is 0 Å². The van der Waals surface area contributed by atoms with Crippen LogP contribution in [0.4, 0.5) is 0 Å². The maximum Gasteiger partial charge on any atom is 0.0207 e. The summed E-state index contributed by atoms with van der Waals surface area (Å²) < 4.78 is 0. The first-order valence-electron chi connectivity index (χ1n) is 17.6. The average Bonchev–Trinajstić information content (AvgIpc) is 3.20. The van der Waals surface area contributed by atoms with Gasteiger partial charge >= 0.3 is 0 Å². The van der Waals surface area contributed by atoms with Gasteiger partial charge in [0.05, 0.1) is 0 Å². The minimum Gasteiger partial charge on any atom is -0.0887 e. The van der Waals surface area contributed by atoms with E-state index in [1.54, 1.807) is 0 Å². The Balaban J connectivity index is 1.25. The second kappa shape index (κ2) is 11.2. The fourth-order valence-electron chi connectivity index (χ4n) is 8.56. The fraction of sp³-hybridized carbons (Fsp3) is 0. The van der Waals surface area contributed by atoms with Crippen LogP contribution in [-0.4, -0.2) is 0 Å². The SMILES string of the molecule is c1ccc(-c2ccc3c(-c4cccc5ccccc45)c4c5c(cccc5c3c2)Sc2cc(-c3c5ccccc5cc5ccccc35)ccc2-4)cc1. The van der Waals surface area contributed by atoms with Gasteiger partial charge in [0.2, 0.25) is 0 Å². The molecule has 0 spiro atoms. The third-order valence-corrected chi connectivity index (χ3v) is 11.9. The minimum atomic E-state index is 1.24. The molecule has 0 atom stereocenters. The highest BCUT2D eigenvalue weighted by atomic mass is 32.2. The smallest absolute Gasteiger partial charge is 0.0207 e. The molecule has 0 saturated carbocycles. The molecule has 11 rings (SSSR count). The quantitative estimate of drug-likeness (QED) is 0.134. The van der Waals surface area contributed by atoms with Crippen LogP contribution in [0.5, 0.6) is 0 Å². The molecule has 0 amide bonds. The first-order valence-corrected chi connectivity index (χ1v) is 18.4. The summed E-state index contributed by atoms with van der Waals surface area (Å²) in [5.41, 5.74) is 10.3. The molecule has 1 aliphatic heterocycles. The van der Waals surface area contributed by atoms with Gasteiger partial charge in [-0.05, 0) is 112 Å². The van der Waals surface area contributed by atoms with Crippen molar-refractivity contribution in [3.8, 4) is 44.5 Å². The fourth-order valence-corrected chi connectivity index (χ4v) is 9.72. The van der Waals surface area contributed by atoms with E-state index in [1.165, 1.54) is 108 Å². The molecule has 0 aliphatic carbocycles. The monoisotopic (exact) mass is 662 g/mol. The van der Waals surface area contributed by atoms with Crippen LogP contribution in [0.15, 0.2) is 192 Å². The molecule has 0 aromatic heterocycles. The lowest BCUT2D eigenvalue weighted by molar-refractivity contribution is 1.40. The highest BCUT2D eigenvalue weighted by Gasteiger charge is 2.27. The lowest BCUT2D eigenvalue weighted by Crippen LogP contribution is -1.99. The number of benzene rings is 10. The van der Waals surface area contributed by atoms with Crippen LogP contribution >= 0.6 is 11.8 Å². The lowest BCUT2D eigenvalue weighted by atomic mass is 9.82. The molecule has 0 bridgehead atoms. The van der Waals surface area contributed by atoms with Crippen molar-refractivity contribution in [2.45, 2.75) is 9.79 Å². The Morgan fingerprint density at radius 1 is 0.275 bits per heavy atom. The van der Waals surface area contributed by atoms with Gasteiger partial charge in [-0.15, -0.1) is 0 Å². The number of hydrogen-bond donors (Lipinski definition) is 0. The van der Waals surface area contributed by atoms with Crippen molar-refractivity contribution in [2.24, 2.45) is 0 Å². The van der Waals surface area contributed by atoms with E-state index in [0.717, 1.165) is 0 Å². The second-order valence-electron chi connectivity index (χ2n) is 13.6. The van der Waals surface area contributed by atoms with Gasteiger partial charge in [-0.25, -0.2) is 0 Å². The van der Waals surface area contributed by atoms with Crippen LogP contribution in [0.3, 0.4) is 0 Å². The predicted octanol–water partition coefficient (Wildman–Crippen LogP) is 14.6. The highest BCUT2D eigenvalue weighted by Crippen LogP contribution is 2.56. The molecule has 51 heavy (non-hydrogen) atoms. The summed E-state index contributed by atoms with van der Waals surface area (Å²) in [6.45, 7) is 0. The summed E-state index contributed by atoms with van der Waals surface area (Å²) in [5, 5.41) is 12.9. The molecule has 0 N–H and O–H groups in total. The maximum atomic E-state index is 2.45. The Morgan fingerprint density at radius 3 is 1.73 bits per heavy atom. The van der Waals surface area contributed by atoms with Gasteiger partial charge in [-0.2, -0.15) is 0 Å². The second-order valence-corrected chi connectivity index (χ2v) is 14.7. The van der Waals surface area contributed by atoms with E-state index in [9.17, 15) is 0 Å². The molecule has 10 aromatic carbocycles. The van der Waals surface area contributed by atoms with E-state index in [1.807, 2.05) is 11.8 Å². The van der Waals surface area contributed by atoms with E-state index < -0.39 is 0 Å². The first-order chi connectivity index (χ1) is 25.3. The normalized spacial score (nSPS) is 12.2. The van der Waals surface area contributed by atoms with Gasteiger partial charge in [-0.3, -0.25) is 0 Å². The van der Waals surface area contributed by atoms with E-state index in [-0.39, 0.29) is 0 Å². The summed E-state index contributed by atoms with van der Waals surface area (Å²) >= 11 is 1.91. The Hall–Kier alpha value is -6.15. The van der Waals surface area contributed by atoms with Gasteiger partial charge in [0.15, 0.2) is 0 Å². The summed E-state index contributed by atoms with van der Waals surface area (Å²) in [7, 11) is 0. The summed E-state index contributed by atoms with van der Waals surface area (Å²) in [5.74, 6) is 0. The molecule has 0 fully saturated rings. The van der Waals surface area contributed by atoms with E-state index in [4.69, 9.17) is 0 Å². The molecule has 0 nitrogen and oxygen atoms in total. The minimum absolute atomic E-state index is 1.24. The molecule has 236 valence electrons. The van der Waals surface area contributed by atoms with Gasteiger partial charge in [0, 0.05) is 20.7 Å². The van der Waals surface area contributed by atoms with E-state index in [0.29, 0.717) is 0 Å². The van der Waals surface area contributed by atoms with Crippen molar-refractivity contribution >= 4 is 65.6 Å². The van der Waals surface area contributed by atoms with Crippen molar-refractivity contribution in [1.82, 2.24) is 0 Å². The Labute approximate surface area is 300 Å². The Kier molecular flexibility index (Phi) is 6.29. The zero-order valence-corrected chi connectivity index (χ0v) is 28.5. The Morgan fingerprint density at radius 2 is 0.922 bits per heavy atom. The number of fused-ring (bicyclic) bond motifs is 7. The van der Waals surface area contributed by atoms with Crippen LogP contribution in [-0.2, 0) is 0 Å². The molecule has 0 saturated heterocycles. The van der Waals surface area contributed by atoms with Crippen LogP contribution in [0.25, 0.3) is 98.4 Å². The van der Waals surface area contributed by atoms with Crippen LogP contribution < -0.4 is 0 Å².